The van der Waals surface area contributed by atoms with Crippen LogP contribution in [0.2, 0.25) is 0 Å². The molecule has 3 aliphatic heterocycles. The molecule has 0 amide bonds. The second-order valence-electron chi connectivity index (χ2n) is 8.47. The number of piperidine rings is 1. The van der Waals surface area contributed by atoms with Crippen molar-refractivity contribution in [1.29, 1.82) is 0 Å². The quantitative estimate of drug-likeness (QED) is 0.728. The molecule has 5 nitrogen and oxygen atoms in total. The zero-order chi connectivity index (χ0) is 18.5. The van der Waals surface area contributed by atoms with Gasteiger partial charge in [0.05, 0.1) is 6.61 Å². The van der Waals surface area contributed by atoms with E-state index in [1.165, 1.54) is 70.8 Å². The summed E-state index contributed by atoms with van der Waals surface area (Å²) < 4.78 is 6.22. The summed E-state index contributed by atoms with van der Waals surface area (Å²) in [7, 11) is 0. The topological polar surface area (TPSA) is 31.0 Å². The van der Waals surface area contributed by atoms with E-state index in [0.29, 0.717) is 5.92 Å². The lowest BCUT2D eigenvalue weighted by atomic mass is 9.92. The second-order valence-corrected chi connectivity index (χ2v) is 8.47. The van der Waals surface area contributed by atoms with E-state index >= 15 is 0 Å². The van der Waals surface area contributed by atoms with E-state index in [4.69, 9.17) is 4.74 Å². The lowest BCUT2D eigenvalue weighted by Gasteiger charge is -2.42. The lowest BCUT2D eigenvalue weighted by Crippen LogP contribution is -2.55. The third kappa shape index (κ3) is 6.98. The van der Waals surface area contributed by atoms with E-state index in [1.54, 1.807) is 0 Å². The number of hydrogen-bond acceptors (Lipinski definition) is 5. The van der Waals surface area contributed by atoms with Crippen LogP contribution in [0.25, 0.3) is 0 Å². The van der Waals surface area contributed by atoms with Crippen LogP contribution < -0.4 is 10.1 Å². The van der Waals surface area contributed by atoms with Gasteiger partial charge in [0.25, 0.3) is 0 Å². The van der Waals surface area contributed by atoms with Crippen LogP contribution in [-0.2, 0) is 6.54 Å². The highest BCUT2D eigenvalue weighted by Crippen LogP contribution is 2.24. The average Bonchev–Trinajstić information content (AvgIpc) is 2.73. The van der Waals surface area contributed by atoms with Crippen molar-refractivity contribution in [2.75, 3.05) is 65.5 Å². The first-order valence-electron chi connectivity index (χ1n) is 10.9. The molecule has 0 aromatic heterocycles. The van der Waals surface area contributed by atoms with Crippen LogP contribution >= 0.6 is 24.8 Å². The predicted octanol–water partition coefficient (Wildman–Crippen LogP) is 2.73. The van der Waals surface area contributed by atoms with Crippen LogP contribution in [0.5, 0.6) is 5.75 Å². The maximum atomic E-state index is 6.22. The first-order chi connectivity index (χ1) is 13.3. The Labute approximate surface area is 189 Å². The van der Waals surface area contributed by atoms with E-state index in [2.05, 4.69) is 51.2 Å². The third-order valence-corrected chi connectivity index (χ3v) is 6.58. The summed E-state index contributed by atoms with van der Waals surface area (Å²) in [5.74, 6) is 1.72. The largest absolute Gasteiger partial charge is 0.493 e. The van der Waals surface area contributed by atoms with Gasteiger partial charge in [0.15, 0.2) is 0 Å². The molecule has 1 aromatic rings. The number of fused-ring (bicyclic) bond motifs is 1. The molecule has 2 atom stereocenters. The smallest absolute Gasteiger partial charge is 0.119 e. The fraction of sp³-hybridized carbons (Fsp3) is 0.727. The summed E-state index contributed by atoms with van der Waals surface area (Å²) >= 11 is 0. The Hall–Kier alpha value is -0.560. The van der Waals surface area contributed by atoms with Crippen molar-refractivity contribution in [3.05, 3.63) is 29.8 Å². The lowest BCUT2D eigenvalue weighted by molar-refractivity contribution is 0.0649. The van der Waals surface area contributed by atoms with E-state index in [9.17, 15) is 0 Å². The van der Waals surface area contributed by atoms with Gasteiger partial charge in [-0.05, 0) is 37.1 Å². The maximum absolute atomic E-state index is 6.22. The van der Waals surface area contributed by atoms with Gasteiger partial charge in [0.1, 0.15) is 5.75 Å². The number of piperazine rings is 2. The van der Waals surface area contributed by atoms with Crippen molar-refractivity contribution in [2.45, 2.75) is 32.4 Å². The molecule has 3 fully saturated rings. The van der Waals surface area contributed by atoms with Crippen molar-refractivity contribution >= 4 is 24.8 Å². The first kappa shape index (κ1) is 24.7. The molecule has 0 spiro atoms. The van der Waals surface area contributed by atoms with Crippen LogP contribution in [0.3, 0.4) is 0 Å². The molecule has 29 heavy (non-hydrogen) atoms. The molecule has 1 aromatic carbocycles. The molecule has 3 saturated heterocycles. The Morgan fingerprint density at radius 2 is 1.83 bits per heavy atom. The minimum Gasteiger partial charge on any atom is -0.493 e. The number of hydrogen-bond donors (Lipinski definition) is 1. The Kier molecular flexibility index (Phi) is 10.5. The van der Waals surface area contributed by atoms with Crippen molar-refractivity contribution in [3.63, 3.8) is 0 Å². The van der Waals surface area contributed by atoms with Gasteiger partial charge in [-0.2, -0.15) is 0 Å². The molecule has 2 unspecified atom stereocenters. The van der Waals surface area contributed by atoms with Crippen molar-refractivity contribution in [2.24, 2.45) is 5.92 Å². The van der Waals surface area contributed by atoms with E-state index in [0.717, 1.165) is 31.5 Å². The molecule has 0 radical (unpaired) electrons. The summed E-state index contributed by atoms with van der Waals surface area (Å²) in [5, 5.41) is 3.52. The molecule has 7 heteroatoms. The van der Waals surface area contributed by atoms with Gasteiger partial charge in [-0.15, -0.1) is 24.8 Å². The van der Waals surface area contributed by atoms with Gasteiger partial charge in [0.2, 0.25) is 0 Å². The number of benzene rings is 1. The molecule has 1 N–H and O–H groups in total. The van der Waals surface area contributed by atoms with Crippen LogP contribution in [0.15, 0.2) is 24.3 Å². The predicted molar refractivity (Wildman–Crippen MR) is 125 cm³/mol. The van der Waals surface area contributed by atoms with Crippen molar-refractivity contribution in [3.8, 4) is 5.75 Å². The minimum atomic E-state index is 0. The van der Waals surface area contributed by atoms with Crippen LogP contribution in [-0.4, -0.2) is 86.3 Å². The number of ether oxygens (including phenoxy) is 1. The van der Waals surface area contributed by atoms with Gasteiger partial charge in [0, 0.05) is 70.9 Å². The molecule has 166 valence electrons. The Morgan fingerprint density at radius 1 is 1.03 bits per heavy atom. The van der Waals surface area contributed by atoms with Crippen molar-refractivity contribution < 1.29 is 4.74 Å². The minimum absolute atomic E-state index is 0. The zero-order valence-electron chi connectivity index (χ0n) is 17.7. The molecule has 3 heterocycles. The Balaban J connectivity index is 0.00000150. The molecule has 0 bridgehead atoms. The van der Waals surface area contributed by atoms with Crippen LogP contribution in [0.1, 0.15) is 25.3 Å². The highest BCUT2D eigenvalue weighted by atomic mass is 35.5. The van der Waals surface area contributed by atoms with Gasteiger partial charge in [-0.25, -0.2) is 0 Å². The average molecular weight is 445 g/mol. The van der Waals surface area contributed by atoms with Gasteiger partial charge >= 0.3 is 0 Å². The first-order valence-corrected chi connectivity index (χ1v) is 10.9. The van der Waals surface area contributed by atoms with Gasteiger partial charge < -0.3 is 15.0 Å². The summed E-state index contributed by atoms with van der Waals surface area (Å²) in [6.45, 7) is 14.8. The monoisotopic (exact) mass is 444 g/mol. The number of nitrogens with one attached hydrogen (secondary N) is 1. The molecular formula is C22H38Cl2N4O. The van der Waals surface area contributed by atoms with Gasteiger partial charge in [-0.3, -0.25) is 9.80 Å². The normalized spacial score (nSPS) is 26.1. The van der Waals surface area contributed by atoms with Crippen LogP contribution in [0.4, 0.5) is 0 Å². The van der Waals surface area contributed by atoms with Crippen molar-refractivity contribution in [1.82, 2.24) is 20.0 Å². The van der Waals surface area contributed by atoms with E-state index in [-0.39, 0.29) is 24.8 Å². The fourth-order valence-corrected chi connectivity index (χ4v) is 4.78. The molecular weight excluding hydrogens is 407 g/mol. The maximum Gasteiger partial charge on any atom is 0.119 e. The van der Waals surface area contributed by atoms with E-state index < -0.39 is 0 Å². The fourth-order valence-electron chi connectivity index (χ4n) is 4.78. The molecule has 0 saturated carbocycles. The number of nitrogens with zero attached hydrogens (tertiary/aromatic N) is 3. The Bertz CT molecular complexity index is 598. The summed E-state index contributed by atoms with van der Waals surface area (Å²) in [6.07, 6.45) is 2.61. The number of rotatable bonds is 6. The summed E-state index contributed by atoms with van der Waals surface area (Å²) in [6, 6.07) is 9.52. The van der Waals surface area contributed by atoms with Crippen LogP contribution in [0, 0.1) is 5.92 Å². The summed E-state index contributed by atoms with van der Waals surface area (Å²) in [4.78, 5) is 7.76. The SMILES string of the molecule is CCN1CCN(Cc2cccc(OCC3CCC4CNCCN4C3)c2)CC1.Cl.Cl. The number of halogens is 2. The molecule has 0 aliphatic carbocycles. The highest BCUT2D eigenvalue weighted by molar-refractivity contribution is 5.85. The number of likely N-dealkylation sites (N-methyl/N-ethyl adjacent to an activating group) is 1. The standard InChI is InChI=1S/C22H36N4O.2ClH/c1-2-24-10-12-25(13-11-24)16-19-4-3-5-22(14-19)27-18-20-6-7-21-15-23-8-9-26(21)17-20;;/h3-5,14,20-21,23H,2,6-13,15-18H2,1H3;2*1H. The van der Waals surface area contributed by atoms with E-state index in [1.807, 2.05) is 0 Å². The third-order valence-electron chi connectivity index (χ3n) is 6.58. The second kappa shape index (κ2) is 12.3. The molecule has 4 rings (SSSR count). The Morgan fingerprint density at radius 3 is 2.62 bits per heavy atom. The zero-order valence-corrected chi connectivity index (χ0v) is 19.4. The summed E-state index contributed by atoms with van der Waals surface area (Å²) in [5.41, 5.74) is 1.38. The highest BCUT2D eigenvalue weighted by Gasteiger charge is 2.30. The molecule has 3 aliphatic rings. The van der Waals surface area contributed by atoms with Gasteiger partial charge in [-0.1, -0.05) is 19.1 Å².